The predicted molar refractivity (Wildman–Crippen MR) is 57.6 cm³/mol. The molecule has 1 unspecified atom stereocenters. The molecule has 0 N–H and O–H groups in total. The Kier molecular flexibility index (Phi) is 1.80. The number of benzene rings is 1. The van der Waals surface area contributed by atoms with E-state index in [1.165, 1.54) is 30.4 Å². The first-order chi connectivity index (χ1) is 7.37. The number of nitrogens with zero attached hydrogens (tertiary/aromatic N) is 1. The molecule has 1 aromatic carbocycles. The third-order valence-electron chi connectivity index (χ3n) is 3.87. The average molecular weight is 199 g/mol. The van der Waals surface area contributed by atoms with Crippen LogP contribution in [0, 0.1) is 0 Å². The van der Waals surface area contributed by atoms with E-state index < -0.39 is 0 Å². The summed E-state index contributed by atoms with van der Waals surface area (Å²) < 4.78 is 0. The molecule has 2 heteroatoms. The second-order valence-corrected chi connectivity index (χ2v) is 4.61. The number of fused-ring (bicyclic) bond motifs is 2. The lowest BCUT2D eigenvalue weighted by Gasteiger charge is -2.25. The van der Waals surface area contributed by atoms with Crippen LogP contribution in [0.4, 0.5) is 0 Å². The van der Waals surface area contributed by atoms with Crippen LogP contribution in [0.15, 0.2) is 29.3 Å². The minimum Gasteiger partial charge on any atom is -0.211 e. The fraction of sp³-hybridized carbons (Fsp3) is 0.462. The standard InChI is InChI=1S/C13H13NO/c15-9-14-12-8-13(12)7-3-5-10-4-1-2-6-11(10)13/h1-2,4,6,12H,3,5,7-8H2/t12-,13?/m0/s1. The van der Waals surface area contributed by atoms with Gasteiger partial charge in [-0.15, -0.1) is 0 Å². The highest BCUT2D eigenvalue weighted by Crippen LogP contribution is 2.56. The van der Waals surface area contributed by atoms with Gasteiger partial charge < -0.3 is 0 Å². The lowest BCUT2D eigenvalue weighted by molar-refractivity contribution is 0.522. The van der Waals surface area contributed by atoms with Gasteiger partial charge in [0.25, 0.3) is 0 Å². The van der Waals surface area contributed by atoms with Crippen LogP contribution in [0.25, 0.3) is 0 Å². The molecule has 0 heterocycles. The smallest absolute Gasteiger partial charge is 0.211 e. The molecule has 1 aromatic rings. The van der Waals surface area contributed by atoms with Crippen molar-refractivity contribution in [3.05, 3.63) is 35.4 Å². The Balaban J connectivity index is 2.05. The van der Waals surface area contributed by atoms with Gasteiger partial charge in [0, 0.05) is 5.41 Å². The highest BCUT2D eigenvalue weighted by atomic mass is 16.1. The van der Waals surface area contributed by atoms with Crippen LogP contribution >= 0.6 is 0 Å². The summed E-state index contributed by atoms with van der Waals surface area (Å²) in [6.07, 6.45) is 6.33. The zero-order valence-electron chi connectivity index (χ0n) is 8.57. The van der Waals surface area contributed by atoms with Crippen molar-refractivity contribution < 1.29 is 4.79 Å². The molecule has 0 radical (unpaired) electrons. The Hall–Kier alpha value is -1.40. The van der Waals surface area contributed by atoms with Crippen LogP contribution < -0.4 is 0 Å². The van der Waals surface area contributed by atoms with Crippen molar-refractivity contribution in [2.75, 3.05) is 0 Å². The fourth-order valence-electron chi connectivity index (χ4n) is 3.03. The Morgan fingerprint density at radius 2 is 2.27 bits per heavy atom. The van der Waals surface area contributed by atoms with Crippen molar-refractivity contribution >= 4 is 6.08 Å². The van der Waals surface area contributed by atoms with Crippen LogP contribution in [-0.4, -0.2) is 12.1 Å². The van der Waals surface area contributed by atoms with Gasteiger partial charge in [0.1, 0.15) is 0 Å². The van der Waals surface area contributed by atoms with Crippen molar-refractivity contribution in [1.82, 2.24) is 0 Å². The molecule has 1 fully saturated rings. The molecule has 2 aliphatic rings. The van der Waals surface area contributed by atoms with Gasteiger partial charge in [-0.1, -0.05) is 24.3 Å². The monoisotopic (exact) mass is 199 g/mol. The second-order valence-electron chi connectivity index (χ2n) is 4.61. The van der Waals surface area contributed by atoms with Crippen LogP contribution in [0.2, 0.25) is 0 Å². The highest BCUT2D eigenvalue weighted by molar-refractivity contribution is 5.47. The molecular weight excluding hydrogens is 186 g/mol. The van der Waals surface area contributed by atoms with Crippen molar-refractivity contribution in [3.63, 3.8) is 0 Å². The predicted octanol–water partition coefficient (Wildman–Crippen LogP) is 2.37. The van der Waals surface area contributed by atoms with E-state index in [1.807, 2.05) is 0 Å². The number of aryl methyl sites for hydroxylation is 1. The Morgan fingerprint density at radius 1 is 1.40 bits per heavy atom. The van der Waals surface area contributed by atoms with E-state index in [9.17, 15) is 4.79 Å². The normalized spacial score (nSPS) is 31.9. The summed E-state index contributed by atoms with van der Waals surface area (Å²) in [5.74, 6) is 0. The average Bonchev–Trinajstić information content (AvgIpc) is 2.94. The van der Waals surface area contributed by atoms with Crippen molar-refractivity contribution in [3.8, 4) is 0 Å². The zero-order chi connectivity index (χ0) is 10.3. The van der Waals surface area contributed by atoms with E-state index in [1.54, 1.807) is 6.08 Å². The van der Waals surface area contributed by atoms with Crippen molar-refractivity contribution in [1.29, 1.82) is 0 Å². The molecule has 3 rings (SSSR count). The van der Waals surface area contributed by atoms with Crippen LogP contribution in [0.3, 0.4) is 0 Å². The van der Waals surface area contributed by atoms with Crippen LogP contribution in [0.1, 0.15) is 30.4 Å². The fourth-order valence-corrected chi connectivity index (χ4v) is 3.03. The third kappa shape index (κ3) is 1.18. The van der Waals surface area contributed by atoms with Crippen molar-refractivity contribution in [2.24, 2.45) is 4.99 Å². The van der Waals surface area contributed by atoms with E-state index in [2.05, 4.69) is 29.3 Å². The Labute approximate surface area is 89.0 Å². The molecule has 1 spiro atoms. The molecule has 76 valence electrons. The molecule has 2 nitrogen and oxygen atoms in total. The van der Waals surface area contributed by atoms with Gasteiger partial charge in [0.15, 0.2) is 0 Å². The number of isocyanates is 1. The molecule has 0 aromatic heterocycles. The summed E-state index contributed by atoms with van der Waals surface area (Å²) in [6.45, 7) is 0. The van der Waals surface area contributed by atoms with E-state index in [0.29, 0.717) is 0 Å². The van der Waals surface area contributed by atoms with Gasteiger partial charge in [-0.05, 0) is 36.8 Å². The van der Waals surface area contributed by atoms with Crippen LogP contribution in [0.5, 0.6) is 0 Å². The molecule has 0 bridgehead atoms. The Morgan fingerprint density at radius 3 is 3.13 bits per heavy atom. The summed E-state index contributed by atoms with van der Waals surface area (Å²) in [5.41, 5.74) is 3.08. The molecule has 1 saturated carbocycles. The number of hydrogen-bond donors (Lipinski definition) is 0. The highest BCUT2D eigenvalue weighted by Gasteiger charge is 2.57. The first-order valence-corrected chi connectivity index (χ1v) is 5.52. The van der Waals surface area contributed by atoms with Gasteiger partial charge in [0.2, 0.25) is 6.08 Å². The first-order valence-electron chi connectivity index (χ1n) is 5.52. The van der Waals surface area contributed by atoms with E-state index in [-0.39, 0.29) is 11.5 Å². The second kappa shape index (κ2) is 3.04. The molecule has 2 aliphatic carbocycles. The quantitative estimate of drug-likeness (QED) is 0.504. The molecule has 2 atom stereocenters. The number of carbonyl (C=O) groups excluding carboxylic acids is 1. The zero-order valence-corrected chi connectivity index (χ0v) is 8.57. The summed E-state index contributed by atoms with van der Waals surface area (Å²) in [4.78, 5) is 14.2. The molecule has 0 aliphatic heterocycles. The van der Waals surface area contributed by atoms with Gasteiger partial charge in [0.05, 0.1) is 6.04 Å². The minimum atomic E-state index is 0.201. The van der Waals surface area contributed by atoms with Gasteiger partial charge >= 0.3 is 0 Å². The topological polar surface area (TPSA) is 29.4 Å². The minimum absolute atomic E-state index is 0.201. The first kappa shape index (κ1) is 8.87. The van der Waals surface area contributed by atoms with Gasteiger partial charge in [-0.25, -0.2) is 9.79 Å². The number of aliphatic imine (C=N–C) groups is 1. The molecular formula is C13H13NO. The Bertz CT molecular complexity index is 448. The van der Waals surface area contributed by atoms with Crippen molar-refractivity contribution in [2.45, 2.75) is 37.1 Å². The van der Waals surface area contributed by atoms with E-state index >= 15 is 0 Å². The number of rotatable bonds is 1. The summed E-state index contributed by atoms with van der Waals surface area (Å²) in [5, 5.41) is 0. The van der Waals surface area contributed by atoms with Crippen LogP contribution in [-0.2, 0) is 16.6 Å². The summed E-state index contributed by atoms with van der Waals surface area (Å²) in [7, 11) is 0. The lowest BCUT2D eigenvalue weighted by Crippen LogP contribution is -2.19. The summed E-state index contributed by atoms with van der Waals surface area (Å²) in [6, 6.07) is 8.80. The number of hydrogen-bond acceptors (Lipinski definition) is 2. The maximum atomic E-state index is 10.3. The maximum Gasteiger partial charge on any atom is 0.235 e. The van der Waals surface area contributed by atoms with Gasteiger partial charge in [-0.2, -0.15) is 0 Å². The maximum absolute atomic E-state index is 10.3. The molecule has 0 amide bonds. The third-order valence-corrected chi connectivity index (χ3v) is 3.87. The summed E-state index contributed by atoms with van der Waals surface area (Å²) >= 11 is 0. The SMILES string of the molecule is O=C=N[C@H]1CC12CCCc1ccccc12. The van der Waals surface area contributed by atoms with E-state index in [0.717, 1.165) is 6.42 Å². The molecule has 15 heavy (non-hydrogen) atoms. The van der Waals surface area contributed by atoms with Gasteiger partial charge in [-0.3, -0.25) is 0 Å². The van der Waals surface area contributed by atoms with E-state index in [4.69, 9.17) is 0 Å². The lowest BCUT2D eigenvalue weighted by atomic mass is 9.80. The molecule has 0 saturated heterocycles. The largest absolute Gasteiger partial charge is 0.235 e.